The Hall–Kier alpha value is -0.300. The summed E-state index contributed by atoms with van der Waals surface area (Å²) in [5, 5.41) is 10.2. The predicted octanol–water partition coefficient (Wildman–Crippen LogP) is 7.78. The Morgan fingerprint density at radius 1 is 1.03 bits per heavy atom. The number of allylic oxidation sites excluding steroid dienone is 1. The van der Waals surface area contributed by atoms with Crippen LogP contribution < -0.4 is 0 Å². The maximum absolute atomic E-state index is 10.2. The molecule has 0 heterocycles. The summed E-state index contributed by atoms with van der Waals surface area (Å²) >= 11 is 0. The van der Waals surface area contributed by atoms with E-state index in [4.69, 9.17) is 0 Å². The first-order valence-electron chi connectivity index (χ1n) is 13.2. The van der Waals surface area contributed by atoms with Crippen LogP contribution in [0.15, 0.2) is 11.6 Å². The average molecular weight is 401 g/mol. The molecule has 4 aliphatic carbocycles. The van der Waals surface area contributed by atoms with Crippen LogP contribution in [0, 0.1) is 46.3 Å². The van der Waals surface area contributed by atoms with Crippen LogP contribution in [0.1, 0.15) is 112 Å². The van der Waals surface area contributed by atoms with Crippen molar-refractivity contribution >= 4 is 0 Å². The summed E-state index contributed by atoms with van der Waals surface area (Å²) in [6.45, 7) is 12.5. The molecular formula is C28H48O. The summed E-state index contributed by atoms with van der Waals surface area (Å²) in [7, 11) is 0. The van der Waals surface area contributed by atoms with Crippen molar-refractivity contribution in [2.75, 3.05) is 0 Å². The van der Waals surface area contributed by atoms with Gasteiger partial charge in [-0.1, -0.05) is 72.0 Å². The van der Waals surface area contributed by atoms with Gasteiger partial charge in [0, 0.05) is 0 Å². The standard InChI is InChI=1S/C28H48O/c1-6-20(9-7-8-19(2)3)24-12-13-25-23-11-10-21-18-22(29)14-16-27(21,4)26(23)15-17-28(24,25)5/h10,19-20,22-26,29H,6-9,11-18H2,1-5H3/t20-,22?,23+,24?,25?,26?,27+,28?/m1/s1. The van der Waals surface area contributed by atoms with E-state index in [9.17, 15) is 5.11 Å². The molecule has 0 aromatic carbocycles. The topological polar surface area (TPSA) is 20.2 Å². The summed E-state index contributed by atoms with van der Waals surface area (Å²) in [4.78, 5) is 0. The SMILES string of the molecule is CC[C@H](CCCC(C)C)C1CCC2[C@@H]3CC=C4CC(O)CC[C@]4(C)C3CCC12C. The summed E-state index contributed by atoms with van der Waals surface area (Å²) < 4.78 is 0. The van der Waals surface area contributed by atoms with Crippen molar-refractivity contribution in [3.8, 4) is 0 Å². The second-order valence-electron chi connectivity index (χ2n) is 12.4. The molecule has 1 nitrogen and oxygen atoms in total. The highest BCUT2D eigenvalue weighted by atomic mass is 16.3. The van der Waals surface area contributed by atoms with Crippen molar-refractivity contribution in [1.29, 1.82) is 0 Å². The first-order valence-corrected chi connectivity index (χ1v) is 13.2. The molecule has 0 spiro atoms. The van der Waals surface area contributed by atoms with Crippen molar-refractivity contribution in [2.45, 2.75) is 118 Å². The van der Waals surface area contributed by atoms with Gasteiger partial charge >= 0.3 is 0 Å². The van der Waals surface area contributed by atoms with Gasteiger partial charge in [-0.3, -0.25) is 0 Å². The molecule has 4 aliphatic rings. The quantitative estimate of drug-likeness (QED) is 0.451. The number of aliphatic hydroxyl groups excluding tert-OH is 1. The van der Waals surface area contributed by atoms with Gasteiger partial charge in [-0.2, -0.15) is 0 Å². The predicted molar refractivity (Wildman–Crippen MR) is 124 cm³/mol. The Bertz CT molecular complexity index is 605. The molecule has 1 N–H and O–H groups in total. The monoisotopic (exact) mass is 400 g/mol. The Kier molecular flexibility index (Phi) is 6.29. The Labute approximate surface area is 181 Å². The first-order chi connectivity index (χ1) is 13.8. The number of aliphatic hydroxyl groups is 1. The van der Waals surface area contributed by atoms with Crippen LogP contribution in [-0.2, 0) is 0 Å². The largest absolute Gasteiger partial charge is 0.393 e. The van der Waals surface area contributed by atoms with E-state index >= 15 is 0 Å². The Balaban J connectivity index is 1.51. The third-order valence-corrected chi connectivity index (χ3v) is 10.6. The molecule has 0 radical (unpaired) electrons. The molecule has 3 fully saturated rings. The highest BCUT2D eigenvalue weighted by molar-refractivity contribution is 5.25. The van der Waals surface area contributed by atoms with Gasteiger partial charge in [0.1, 0.15) is 0 Å². The molecule has 0 aromatic heterocycles. The minimum absolute atomic E-state index is 0.0771. The summed E-state index contributed by atoms with van der Waals surface area (Å²) in [5.74, 6) is 5.52. The van der Waals surface area contributed by atoms with Gasteiger partial charge in [0.2, 0.25) is 0 Å². The fourth-order valence-electron chi connectivity index (χ4n) is 8.93. The van der Waals surface area contributed by atoms with Crippen molar-refractivity contribution < 1.29 is 5.11 Å². The van der Waals surface area contributed by atoms with Crippen molar-refractivity contribution in [2.24, 2.45) is 46.3 Å². The summed E-state index contributed by atoms with van der Waals surface area (Å²) in [5.41, 5.74) is 2.61. The number of hydrogen-bond acceptors (Lipinski definition) is 1. The molecule has 0 aromatic rings. The maximum Gasteiger partial charge on any atom is 0.0577 e. The molecule has 166 valence electrons. The number of fused-ring (bicyclic) bond motifs is 5. The average Bonchev–Trinajstić information content (AvgIpc) is 3.03. The molecule has 1 heteroatoms. The minimum Gasteiger partial charge on any atom is -0.393 e. The highest BCUT2D eigenvalue weighted by Gasteiger charge is 2.59. The van der Waals surface area contributed by atoms with Crippen LogP contribution in [-0.4, -0.2) is 11.2 Å². The molecule has 29 heavy (non-hydrogen) atoms. The van der Waals surface area contributed by atoms with Gasteiger partial charge in [0.15, 0.2) is 0 Å². The molecule has 0 aliphatic heterocycles. The van der Waals surface area contributed by atoms with Crippen molar-refractivity contribution in [3.63, 3.8) is 0 Å². The smallest absolute Gasteiger partial charge is 0.0577 e. The van der Waals surface area contributed by atoms with Crippen molar-refractivity contribution in [3.05, 3.63) is 11.6 Å². The first kappa shape index (κ1) is 21.9. The van der Waals surface area contributed by atoms with Gasteiger partial charge in [0.25, 0.3) is 0 Å². The summed E-state index contributed by atoms with van der Waals surface area (Å²) in [6.07, 6.45) is 18.6. The van der Waals surface area contributed by atoms with E-state index in [-0.39, 0.29) is 6.10 Å². The normalized spacial score (nSPS) is 45.3. The van der Waals surface area contributed by atoms with E-state index < -0.39 is 0 Å². The minimum atomic E-state index is -0.0771. The molecule has 8 atom stereocenters. The molecular weight excluding hydrogens is 352 g/mol. The summed E-state index contributed by atoms with van der Waals surface area (Å²) in [6, 6.07) is 0. The van der Waals surface area contributed by atoms with Crippen LogP contribution in [0.5, 0.6) is 0 Å². The zero-order valence-electron chi connectivity index (χ0n) is 20.1. The third kappa shape index (κ3) is 3.77. The van der Waals surface area contributed by atoms with Gasteiger partial charge in [-0.25, -0.2) is 0 Å². The van der Waals surface area contributed by atoms with E-state index in [1.54, 1.807) is 5.57 Å². The van der Waals surface area contributed by atoms with Gasteiger partial charge < -0.3 is 5.11 Å². The maximum atomic E-state index is 10.2. The Morgan fingerprint density at radius 2 is 1.83 bits per heavy atom. The van der Waals surface area contributed by atoms with Gasteiger partial charge in [-0.15, -0.1) is 0 Å². The van der Waals surface area contributed by atoms with E-state index in [0.29, 0.717) is 10.8 Å². The number of hydrogen-bond donors (Lipinski definition) is 1. The zero-order valence-corrected chi connectivity index (χ0v) is 20.1. The van der Waals surface area contributed by atoms with Crippen LogP contribution in [0.4, 0.5) is 0 Å². The molecule has 4 rings (SSSR count). The van der Waals surface area contributed by atoms with E-state index in [1.165, 1.54) is 64.2 Å². The van der Waals surface area contributed by atoms with Crippen molar-refractivity contribution in [1.82, 2.24) is 0 Å². The lowest BCUT2D eigenvalue weighted by molar-refractivity contribution is -0.0588. The number of rotatable bonds is 6. The lowest BCUT2D eigenvalue weighted by Gasteiger charge is -2.58. The highest BCUT2D eigenvalue weighted by Crippen LogP contribution is 2.67. The van der Waals surface area contributed by atoms with Crippen LogP contribution in [0.3, 0.4) is 0 Å². The molecule has 0 saturated heterocycles. The van der Waals surface area contributed by atoms with Gasteiger partial charge in [-0.05, 0) is 97.7 Å². The van der Waals surface area contributed by atoms with Crippen LogP contribution in [0.2, 0.25) is 0 Å². The third-order valence-electron chi connectivity index (χ3n) is 10.6. The zero-order chi connectivity index (χ0) is 20.8. The van der Waals surface area contributed by atoms with Crippen LogP contribution >= 0.6 is 0 Å². The Morgan fingerprint density at radius 3 is 2.55 bits per heavy atom. The van der Waals surface area contributed by atoms with Gasteiger partial charge in [0.05, 0.1) is 6.10 Å². The fraction of sp³-hybridized carbons (Fsp3) is 0.929. The van der Waals surface area contributed by atoms with E-state index in [1.807, 2.05) is 0 Å². The van der Waals surface area contributed by atoms with Crippen LogP contribution in [0.25, 0.3) is 0 Å². The molecule has 3 saturated carbocycles. The second-order valence-corrected chi connectivity index (χ2v) is 12.4. The van der Waals surface area contributed by atoms with E-state index in [0.717, 1.165) is 48.3 Å². The second kappa shape index (κ2) is 8.33. The molecule has 5 unspecified atom stereocenters. The van der Waals surface area contributed by atoms with E-state index in [2.05, 4.69) is 40.7 Å². The molecule has 0 amide bonds. The lowest BCUT2D eigenvalue weighted by Crippen LogP contribution is -2.50. The molecule has 0 bridgehead atoms. The lowest BCUT2D eigenvalue weighted by atomic mass is 9.47. The fourth-order valence-corrected chi connectivity index (χ4v) is 8.93.